The normalized spacial score (nSPS) is 23.6. The molecule has 0 atom stereocenters. The van der Waals surface area contributed by atoms with Crippen LogP contribution in [-0.2, 0) is 0 Å². The summed E-state index contributed by atoms with van der Waals surface area (Å²) in [6.45, 7) is 2.94. The van der Waals surface area contributed by atoms with Gasteiger partial charge in [0.15, 0.2) is 0 Å². The minimum atomic E-state index is 0.771. The molecule has 1 aliphatic heterocycles. The predicted molar refractivity (Wildman–Crippen MR) is 34.9 cm³/mol. The number of rotatable bonds is 1. The van der Waals surface area contributed by atoms with Crippen molar-refractivity contribution in [1.82, 2.24) is 0 Å². The lowest BCUT2D eigenvalue weighted by Crippen LogP contribution is -2.20. The van der Waals surface area contributed by atoms with E-state index < -0.39 is 0 Å². The molecule has 8 heavy (non-hydrogen) atoms. The third-order valence-electron chi connectivity index (χ3n) is 1.72. The third kappa shape index (κ3) is 1.46. The van der Waals surface area contributed by atoms with Crippen LogP contribution in [0.15, 0.2) is 0 Å². The van der Waals surface area contributed by atoms with Crippen molar-refractivity contribution in [3.63, 3.8) is 0 Å². The number of hydrogen-bond donors (Lipinski definition) is 1. The van der Waals surface area contributed by atoms with E-state index in [0.717, 1.165) is 25.6 Å². The Kier molecular flexibility index (Phi) is 2.30. The summed E-state index contributed by atoms with van der Waals surface area (Å²) in [4.78, 5) is 0. The summed E-state index contributed by atoms with van der Waals surface area (Å²) < 4.78 is 0. The molecule has 1 rings (SSSR count). The highest BCUT2D eigenvalue weighted by atomic mass is 14.9. The van der Waals surface area contributed by atoms with Crippen LogP contribution in [0.1, 0.15) is 12.8 Å². The predicted octanol–water partition coefficient (Wildman–Crippen LogP) is 0.729. The molecular weight excluding hydrogens is 100 g/mol. The molecule has 0 amide bonds. The molecule has 2 heteroatoms. The first kappa shape index (κ1) is 6.05. The Morgan fingerprint density at radius 3 is 2.38 bits per heavy atom. The van der Waals surface area contributed by atoms with Crippen LogP contribution in [0.3, 0.4) is 0 Å². The van der Waals surface area contributed by atoms with Crippen molar-refractivity contribution in [1.29, 1.82) is 0 Å². The number of piperidine rings is 1. The molecule has 0 radical (unpaired) electrons. The lowest BCUT2D eigenvalue weighted by Gasteiger charge is -2.30. The van der Waals surface area contributed by atoms with Crippen LogP contribution in [-0.4, -0.2) is 19.6 Å². The van der Waals surface area contributed by atoms with Crippen molar-refractivity contribution in [2.75, 3.05) is 19.6 Å². The zero-order chi connectivity index (χ0) is 5.82. The minimum Gasteiger partial charge on any atom is -0.662 e. The van der Waals surface area contributed by atoms with Crippen LogP contribution >= 0.6 is 0 Å². The van der Waals surface area contributed by atoms with Crippen molar-refractivity contribution in [2.45, 2.75) is 12.8 Å². The van der Waals surface area contributed by atoms with Crippen molar-refractivity contribution < 1.29 is 0 Å². The van der Waals surface area contributed by atoms with Crippen LogP contribution in [0.5, 0.6) is 0 Å². The van der Waals surface area contributed by atoms with E-state index in [1.165, 1.54) is 12.8 Å². The summed E-state index contributed by atoms with van der Waals surface area (Å²) in [6, 6.07) is 0. The molecule has 0 aromatic heterocycles. The van der Waals surface area contributed by atoms with E-state index in [0.29, 0.717) is 0 Å². The van der Waals surface area contributed by atoms with E-state index in [4.69, 9.17) is 5.73 Å². The van der Waals surface area contributed by atoms with Gasteiger partial charge in [-0.05, 0) is 12.5 Å². The average molecular weight is 113 g/mol. The van der Waals surface area contributed by atoms with Crippen LogP contribution < -0.4 is 5.73 Å². The summed E-state index contributed by atoms with van der Waals surface area (Å²) in [6.07, 6.45) is 2.44. The number of hydrogen-bond acceptors (Lipinski definition) is 1. The maximum absolute atomic E-state index is 5.46. The smallest absolute Gasteiger partial charge is 0.00501 e. The van der Waals surface area contributed by atoms with Gasteiger partial charge in [-0.15, -0.1) is 13.1 Å². The first-order valence-electron chi connectivity index (χ1n) is 3.27. The van der Waals surface area contributed by atoms with E-state index in [9.17, 15) is 0 Å². The van der Waals surface area contributed by atoms with E-state index in [-0.39, 0.29) is 0 Å². The van der Waals surface area contributed by atoms with Crippen LogP contribution in [0.25, 0.3) is 5.32 Å². The fourth-order valence-corrected chi connectivity index (χ4v) is 1.04. The van der Waals surface area contributed by atoms with Gasteiger partial charge in [0.2, 0.25) is 0 Å². The maximum Gasteiger partial charge on any atom is -0.00501 e. The molecule has 48 valence electrons. The van der Waals surface area contributed by atoms with Gasteiger partial charge in [0.25, 0.3) is 0 Å². The Balaban J connectivity index is 2.13. The number of nitrogens with two attached hydrogens (primary N) is 1. The molecule has 1 aliphatic rings. The molecule has 0 bridgehead atoms. The van der Waals surface area contributed by atoms with Gasteiger partial charge in [0.1, 0.15) is 0 Å². The molecule has 1 heterocycles. The molecule has 0 unspecified atom stereocenters. The topological polar surface area (TPSA) is 40.1 Å². The molecular formula is C6H13N2-. The highest BCUT2D eigenvalue weighted by Gasteiger charge is 2.03. The Morgan fingerprint density at radius 2 is 2.00 bits per heavy atom. The zero-order valence-corrected chi connectivity index (χ0v) is 5.14. The van der Waals surface area contributed by atoms with E-state index >= 15 is 0 Å². The average Bonchev–Trinajstić information content (AvgIpc) is 1.90. The van der Waals surface area contributed by atoms with Crippen molar-refractivity contribution in [3.05, 3.63) is 5.32 Å². The second-order valence-electron chi connectivity index (χ2n) is 2.35. The Labute approximate surface area is 50.4 Å². The first-order chi connectivity index (χ1) is 3.93. The van der Waals surface area contributed by atoms with Crippen molar-refractivity contribution in [2.24, 2.45) is 11.7 Å². The second kappa shape index (κ2) is 3.05. The monoisotopic (exact) mass is 113 g/mol. The molecule has 2 nitrogen and oxygen atoms in total. The van der Waals surface area contributed by atoms with Gasteiger partial charge < -0.3 is 11.1 Å². The Bertz CT molecular complexity index is 57.5. The number of nitrogens with zero attached hydrogens (tertiary/aromatic N) is 1. The van der Waals surface area contributed by atoms with Gasteiger partial charge in [0, 0.05) is 0 Å². The minimum absolute atomic E-state index is 0.771. The highest BCUT2D eigenvalue weighted by Crippen LogP contribution is 2.15. The third-order valence-corrected chi connectivity index (χ3v) is 1.72. The molecule has 1 fully saturated rings. The maximum atomic E-state index is 5.46. The van der Waals surface area contributed by atoms with E-state index in [1.807, 2.05) is 0 Å². The summed E-state index contributed by atoms with van der Waals surface area (Å²) >= 11 is 0. The Morgan fingerprint density at radius 1 is 1.38 bits per heavy atom. The molecule has 0 aromatic carbocycles. The first-order valence-corrected chi connectivity index (χ1v) is 3.27. The summed E-state index contributed by atoms with van der Waals surface area (Å²) in [5.41, 5.74) is 5.46. The lowest BCUT2D eigenvalue weighted by molar-refractivity contribution is 0.457. The fraction of sp³-hybridized carbons (Fsp3) is 1.00. The molecule has 1 saturated heterocycles. The van der Waals surface area contributed by atoms with Crippen LogP contribution in [0, 0.1) is 5.92 Å². The molecule has 2 N–H and O–H groups in total. The van der Waals surface area contributed by atoms with E-state index in [2.05, 4.69) is 5.32 Å². The molecule has 0 aromatic rings. The highest BCUT2D eigenvalue weighted by molar-refractivity contribution is 4.87. The Hall–Kier alpha value is -0.0800. The van der Waals surface area contributed by atoms with Gasteiger partial charge in [-0.1, -0.05) is 12.8 Å². The summed E-state index contributed by atoms with van der Waals surface area (Å²) in [5.74, 6) is 0.771. The van der Waals surface area contributed by atoms with Gasteiger partial charge in [0.05, 0.1) is 0 Å². The molecule has 0 saturated carbocycles. The molecule has 0 aliphatic carbocycles. The standard InChI is InChI=1S/C6H13N2/c7-5-6-1-3-8-4-2-6/h6H,1-5,7H2/q-1. The quantitative estimate of drug-likeness (QED) is 0.535. The molecule has 0 spiro atoms. The van der Waals surface area contributed by atoms with Crippen molar-refractivity contribution in [3.8, 4) is 0 Å². The lowest BCUT2D eigenvalue weighted by atomic mass is 9.99. The summed E-state index contributed by atoms with van der Waals surface area (Å²) in [5, 5.41) is 4.22. The largest absolute Gasteiger partial charge is 0.662 e. The van der Waals surface area contributed by atoms with E-state index in [1.54, 1.807) is 0 Å². The fourth-order valence-electron chi connectivity index (χ4n) is 1.04. The van der Waals surface area contributed by atoms with Gasteiger partial charge in [-0.3, -0.25) is 0 Å². The second-order valence-corrected chi connectivity index (χ2v) is 2.35. The SMILES string of the molecule is NCC1CC[N-]CC1. The van der Waals surface area contributed by atoms with Crippen molar-refractivity contribution >= 4 is 0 Å². The van der Waals surface area contributed by atoms with Gasteiger partial charge >= 0.3 is 0 Å². The van der Waals surface area contributed by atoms with Crippen LogP contribution in [0.2, 0.25) is 0 Å². The van der Waals surface area contributed by atoms with Crippen LogP contribution in [0.4, 0.5) is 0 Å². The van der Waals surface area contributed by atoms with Gasteiger partial charge in [-0.25, -0.2) is 0 Å². The zero-order valence-electron chi connectivity index (χ0n) is 5.14. The van der Waals surface area contributed by atoms with Gasteiger partial charge in [-0.2, -0.15) is 0 Å². The summed E-state index contributed by atoms with van der Waals surface area (Å²) in [7, 11) is 0.